The van der Waals surface area contributed by atoms with Gasteiger partial charge in [-0.15, -0.1) is 0 Å². The lowest BCUT2D eigenvalue weighted by Crippen LogP contribution is -2.59. The van der Waals surface area contributed by atoms with Crippen LogP contribution in [0.15, 0.2) is 24.3 Å². The van der Waals surface area contributed by atoms with E-state index in [0.717, 1.165) is 56.5 Å². The van der Waals surface area contributed by atoms with Crippen LogP contribution in [0.1, 0.15) is 24.8 Å². The topological polar surface area (TPSA) is 34.2 Å². The maximum absolute atomic E-state index is 5.68. The second-order valence-corrected chi connectivity index (χ2v) is 8.27. The number of fused-ring (bicyclic) bond motifs is 2. The molecule has 2 atom stereocenters. The van der Waals surface area contributed by atoms with Crippen LogP contribution >= 0.6 is 0 Å². The van der Waals surface area contributed by atoms with E-state index in [-0.39, 0.29) is 0 Å². The number of methoxy groups -OCH3 is 1. The van der Waals surface area contributed by atoms with E-state index in [1.165, 1.54) is 37.9 Å². The van der Waals surface area contributed by atoms with E-state index in [4.69, 9.17) is 14.2 Å². The highest BCUT2D eigenvalue weighted by Crippen LogP contribution is 2.38. The fourth-order valence-electron chi connectivity index (χ4n) is 5.30. The molecule has 5 nitrogen and oxygen atoms in total. The fraction of sp³-hybridized carbons (Fsp3) is 0.727. The Hall–Kier alpha value is -1.14. The van der Waals surface area contributed by atoms with Crippen molar-refractivity contribution in [1.82, 2.24) is 9.80 Å². The van der Waals surface area contributed by atoms with Gasteiger partial charge in [-0.05, 0) is 42.4 Å². The Morgan fingerprint density at radius 3 is 2.37 bits per heavy atom. The molecule has 4 rings (SSSR count). The fourth-order valence-corrected chi connectivity index (χ4v) is 5.30. The lowest BCUT2D eigenvalue weighted by Gasteiger charge is -2.52. The van der Waals surface area contributed by atoms with Crippen LogP contribution in [0.3, 0.4) is 0 Å². The molecule has 5 heteroatoms. The number of likely N-dealkylation sites (tertiary alicyclic amines) is 1. The van der Waals surface area contributed by atoms with Crippen molar-refractivity contribution in [3.63, 3.8) is 0 Å². The Morgan fingerprint density at radius 1 is 1.00 bits per heavy atom. The molecule has 2 aliphatic heterocycles. The Labute approximate surface area is 163 Å². The van der Waals surface area contributed by atoms with Gasteiger partial charge in [0, 0.05) is 45.9 Å². The third-order valence-corrected chi connectivity index (χ3v) is 6.45. The van der Waals surface area contributed by atoms with Crippen LogP contribution < -0.4 is 4.74 Å². The highest BCUT2D eigenvalue weighted by molar-refractivity contribution is 5.27. The molecule has 2 bridgehead atoms. The Morgan fingerprint density at radius 2 is 1.70 bits per heavy atom. The summed E-state index contributed by atoms with van der Waals surface area (Å²) < 4.78 is 16.3. The number of ether oxygens (including phenoxy) is 3. The van der Waals surface area contributed by atoms with Crippen LogP contribution in [0, 0.1) is 11.8 Å². The maximum Gasteiger partial charge on any atom is 0.119 e. The van der Waals surface area contributed by atoms with Gasteiger partial charge in [0.25, 0.3) is 0 Å². The van der Waals surface area contributed by atoms with Gasteiger partial charge in [0.15, 0.2) is 0 Å². The summed E-state index contributed by atoms with van der Waals surface area (Å²) in [5, 5.41) is 0. The van der Waals surface area contributed by atoms with Crippen molar-refractivity contribution in [3.05, 3.63) is 29.8 Å². The standard InChI is InChI=1S/C22H34N2O3/c1-25-13-14-27-21-7-5-18(6-8-21)15-23-16-19-3-2-4-20(17-23)22(19)24-9-11-26-12-10-24/h5-8,19-20,22H,2-4,9-17H2,1H3/t19-,20-/m0/s1. The molecule has 27 heavy (non-hydrogen) atoms. The van der Waals surface area contributed by atoms with Crippen molar-refractivity contribution in [2.75, 3.05) is 59.7 Å². The van der Waals surface area contributed by atoms with Gasteiger partial charge in [0.05, 0.1) is 19.8 Å². The predicted octanol–water partition coefficient (Wildman–Crippen LogP) is 2.64. The lowest BCUT2D eigenvalue weighted by molar-refractivity contribution is -0.0623. The molecule has 0 unspecified atom stereocenters. The van der Waals surface area contributed by atoms with Crippen molar-refractivity contribution >= 4 is 0 Å². The van der Waals surface area contributed by atoms with E-state index in [9.17, 15) is 0 Å². The zero-order valence-electron chi connectivity index (χ0n) is 16.6. The van der Waals surface area contributed by atoms with Crippen molar-refractivity contribution in [1.29, 1.82) is 0 Å². The van der Waals surface area contributed by atoms with Crippen molar-refractivity contribution in [2.24, 2.45) is 11.8 Å². The number of hydrogen-bond acceptors (Lipinski definition) is 5. The second-order valence-electron chi connectivity index (χ2n) is 8.27. The van der Waals surface area contributed by atoms with Gasteiger partial charge in [0.1, 0.15) is 12.4 Å². The third kappa shape index (κ3) is 4.83. The highest BCUT2D eigenvalue weighted by Gasteiger charge is 2.42. The van der Waals surface area contributed by atoms with E-state index in [2.05, 4.69) is 34.1 Å². The van der Waals surface area contributed by atoms with Crippen molar-refractivity contribution in [3.8, 4) is 5.75 Å². The van der Waals surface area contributed by atoms with Gasteiger partial charge in [-0.2, -0.15) is 0 Å². The normalized spacial score (nSPS) is 29.6. The first-order chi connectivity index (χ1) is 13.3. The smallest absolute Gasteiger partial charge is 0.119 e. The van der Waals surface area contributed by atoms with E-state index in [0.29, 0.717) is 13.2 Å². The first kappa shape index (κ1) is 19.2. The molecular formula is C22H34N2O3. The Bertz CT molecular complexity index is 559. The van der Waals surface area contributed by atoms with Crippen LogP contribution in [0.4, 0.5) is 0 Å². The monoisotopic (exact) mass is 374 g/mol. The summed E-state index contributed by atoms with van der Waals surface area (Å²) in [4.78, 5) is 5.42. The molecule has 1 aliphatic carbocycles. The Kier molecular flexibility index (Phi) is 6.66. The minimum Gasteiger partial charge on any atom is -0.491 e. The zero-order valence-corrected chi connectivity index (χ0v) is 16.6. The molecule has 3 fully saturated rings. The van der Waals surface area contributed by atoms with E-state index < -0.39 is 0 Å². The van der Waals surface area contributed by atoms with E-state index >= 15 is 0 Å². The minimum absolute atomic E-state index is 0.605. The van der Waals surface area contributed by atoms with E-state index in [1.807, 2.05) is 0 Å². The first-order valence-corrected chi connectivity index (χ1v) is 10.6. The lowest BCUT2D eigenvalue weighted by atomic mass is 9.72. The van der Waals surface area contributed by atoms with Crippen LogP contribution in [-0.2, 0) is 16.0 Å². The van der Waals surface area contributed by atoms with Crippen LogP contribution in [-0.4, -0.2) is 75.6 Å². The van der Waals surface area contributed by atoms with Gasteiger partial charge < -0.3 is 14.2 Å². The van der Waals surface area contributed by atoms with Gasteiger partial charge in [-0.3, -0.25) is 9.80 Å². The molecule has 1 aromatic carbocycles. The summed E-state index contributed by atoms with van der Waals surface area (Å²) in [6.45, 7) is 8.86. The third-order valence-electron chi connectivity index (χ3n) is 6.45. The second kappa shape index (κ2) is 9.37. The molecule has 0 radical (unpaired) electrons. The number of piperidine rings is 1. The molecule has 0 amide bonds. The largest absolute Gasteiger partial charge is 0.491 e. The summed E-state index contributed by atoms with van der Waals surface area (Å²) in [7, 11) is 1.70. The number of morpholine rings is 1. The molecule has 1 saturated carbocycles. The van der Waals surface area contributed by atoms with Crippen LogP contribution in [0.25, 0.3) is 0 Å². The van der Waals surface area contributed by atoms with E-state index in [1.54, 1.807) is 7.11 Å². The quantitative estimate of drug-likeness (QED) is 0.686. The Balaban J connectivity index is 1.33. The van der Waals surface area contributed by atoms with Gasteiger partial charge in [0.2, 0.25) is 0 Å². The average molecular weight is 375 g/mol. The first-order valence-electron chi connectivity index (χ1n) is 10.6. The maximum atomic E-state index is 5.68. The summed E-state index contributed by atoms with van der Waals surface area (Å²) in [6, 6.07) is 9.40. The molecule has 150 valence electrons. The van der Waals surface area contributed by atoms with Crippen LogP contribution in [0.2, 0.25) is 0 Å². The molecule has 2 heterocycles. The number of nitrogens with zero attached hydrogens (tertiary/aromatic N) is 2. The van der Waals surface area contributed by atoms with Gasteiger partial charge in [-0.1, -0.05) is 18.6 Å². The molecule has 0 spiro atoms. The summed E-state index contributed by atoms with van der Waals surface area (Å²) in [6.07, 6.45) is 4.19. The number of rotatable bonds is 7. The molecular weight excluding hydrogens is 340 g/mol. The van der Waals surface area contributed by atoms with Gasteiger partial charge in [-0.25, -0.2) is 0 Å². The summed E-state index contributed by atoms with van der Waals surface area (Å²) >= 11 is 0. The molecule has 3 aliphatic rings. The molecule has 2 saturated heterocycles. The van der Waals surface area contributed by atoms with Crippen molar-refractivity contribution in [2.45, 2.75) is 31.8 Å². The van der Waals surface area contributed by atoms with Crippen LogP contribution in [0.5, 0.6) is 5.75 Å². The number of benzene rings is 1. The zero-order chi connectivity index (χ0) is 18.5. The molecule has 0 N–H and O–H groups in total. The summed E-state index contributed by atoms with van der Waals surface area (Å²) in [5.41, 5.74) is 1.39. The SMILES string of the molecule is COCCOc1ccc(CN2C[C@@H]3CCC[C@@H](C2)C3N2CCOCC2)cc1. The summed E-state index contributed by atoms with van der Waals surface area (Å²) in [5.74, 6) is 2.58. The minimum atomic E-state index is 0.605. The van der Waals surface area contributed by atoms with Gasteiger partial charge >= 0.3 is 0 Å². The number of hydrogen-bond donors (Lipinski definition) is 0. The highest BCUT2D eigenvalue weighted by atomic mass is 16.5. The van der Waals surface area contributed by atoms with Crippen molar-refractivity contribution < 1.29 is 14.2 Å². The predicted molar refractivity (Wildman–Crippen MR) is 106 cm³/mol. The average Bonchev–Trinajstić information content (AvgIpc) is 2.69. The molecule has 0 aromatic heterocycles. The molecule has 1 aromatic rings.